The monoisotopic (exact) mass is 306 g/mol. The highest BCUT2D eigenvalue weighted by Crippen LogP contribution is 2.26. The van der Waals surface area contributed by atoms with Crippen LogP contribution in [-0.2, 0) is 13.5 Å². The summed E-state index contributed by atoms with van der Waals surface area (Å²) in [6.45, 7) is 3.82. The maximum Gasteiger partial charge on any atom is 0.163 e. The van der Waals surface area contributed by atoms with Crippen LogP contribution in [0.2, 0.25) is 0 Å². The van der Waals surface area contributed by atoms with Crippen LogP contribution in [0, 0.1) is 19.7 Å². The van der Waals surface area contributed by atoms with Gasteiger partial charge in [0.15, 0.2) is 5.65 Å². The van der Waals surface area contributed by atoms with Crippen molar-refractivity contribution < 1.29 is 4.39 Å². The normalized spacial score (nSPS) is 11.5. The minimum atomic E-state index is -0.243. The molecular weight excluding hydrogens is 291 g/mol. The highest BCUT2D eigenvalue weighted by molar-refractivity contribution is 6.17. The van der Waals surface area contributed by atoms with E-state index >= 15 is 0 Å². The van der Waals surface area contributed by atoms with Gasteiger partial charge in [0.25, 0.3) is 0 Å². The lowest BCUT2D eigenvalue weighted by molar-refractivity contribution is 0.626. The first-order valence-corrected chi connectivity index (χ1v) is 7.29. The fraction of sp³-hybridized carbons (Fsp3) is 0.333. The fourth-order valence-corrected chi connectivity index (χ4v) is 2.86. The minimum Gasteiger partial charge on any atom is -0.281 e. The third-order valence-corrected chi connectivity index (χ3v) is 3.78. The van der Waals surface area contributed by atoms with Crippen molar-refractivity contribution in [3.8, 4) is 5.69 Å². The van der Waals surface area contributed by atoms with Crippen molar-refractivity contribution in [3.63, 3.8) is 0 Å². The number of aryl methyl sites for hydroxylation is 4. The Bertz CT molecular complexity index is 819. The quantitative estimate of drug-likeness (QED) is 0.696. The summed E-state index contributed by atoms with van der Waals surface area (Å²) in [7, 11) is 1.89. The van der Waals surface area contributed by atoms with Crippen LogP contribution in [-0.4, -0.2) is 25.2 Å². The summed E-state index contributed by atoms with van der Waals surface area (Å²) in [4.78, 5) is 4.66. The molecule has 0 saturated heterocycles. The second kappa shape index (κ2) is 5.15. The SMILES string of the molecule is Cc1cc(F)ccc1-n1c(CCCl)nc2c(C)nn(C)c21. The number of hydrogen-bond donors (Lipinski definition) is 0. The van der Waals surface area contributed by atoms with Gasteiger partial charge >= 0.3 is 0 Å². The van der Waals surface area contributed by atoms with Crippen LogP contribution >= 0.6 is 11.6 Å². The lowest BCUT2D eigenvalue weighted by Crippen LogP contribution is -2.07. The molecule has 4 nitrogen and oxygen atoms in total. The van der Waals surface area contributed by atoms with Crippen molar-refractivity contribution in [2.75, 3.05) is 5.88 Å². The molecular formula is C15H16ClFN4. The molecule has 3 rings (SSSR count). The maximum atomic E-state index is 13.4. The molecule has 0 radical (unpaired) electrons. The van der Waals surface area contributed by atoms with E-state index in [1.165, 1.54) is 12.1 Å². The Balaban J connectivity index is 2.35. The third kappa shape index (κ3) is 2.21. The Morgan fingerprint density at radius 3 is 2.71 bits per heavy atom. The molecule has 0 saturated carbocycles. The Hall–Kier alpha value is -1.88. The summed E-state index contributed by atoms with van der Waals surface area (Å²) >= 11 is 5.90. The van der Waals surface area contributed by atoms with Gasteiger partial charge in [0.1, 0.15) is 17.2 Å². The molecule has 0 N–H and O–H groups in total. The van der Waals surface area contributed by atoms with Gasteiger partial charge in [-0.25, -0.2) is 14.1 Å². The van der Waals surface area contributed by atoms with Crippen molar-refractivity contribution >= 4 is 22.8 Å². The lowest BCUT2D eigenvalue weighted by Gasteiger charge is -2.12. The smallest absolute Gasteiger partial charge is 0.163 e. The van der Waals surface area contributed by atoms with E-state index in [1.54, 1.807) is 10.7 Å². The van der Waals surface area contributed by atoms with E-state index in [9.17, 15) is 4.39 Å². The standard InChI is InChI=1S/C15H16ClFN4/c1-9-8-11(17)4-5-12(9)21-13(6-7-16)18-14-10(2)19-20(3)15(14)21/h4-5,8H,6-7H2,1-3H3. The van der Waals surface area contributed by atoms with E-state index in [0.717, 1.165) is 33.9 Å². The number of aromatic nitrogens is 4. The van der Waals surface area contributed by atoms with Gasteiger partial charge < -0.3 is 0 Å². The topological polar surface area (TPSA) is 35.6 Å². The molecule has 0 aliphatic rings. The molecule has 2 aromatic heterocycles. The largest absolute Gasteiger partial charge is 0.281 e. The number of benzene rings is 1. The van der Waals surface area contributed by atoms with E-state index < -0.39 is 0 Å². The van der Waals surface area contributed by atoms with Crippen LogP contribution in [0.5, 0.6) is 0 Å². The fourth-order valence-electron chi connectivity index (χ4n) is 2.69. The molecule has 1 aromatic carbocycles. The van der Waals surface area contributed by atoms with E-state index in [-0.39, 0.29) is 5.82 Å². The second-order valence-electron chi connectivity index (χ2n) is 5.11. The number of nitrogens with zero attached hydrogens (tertiary/aromatic N) is 4. The number of rotatable bonds is 3. The van der Waals surface area contributed by atoms with Gasteiger partial charge in [-0.15, -0.1) is 11.6 Å². The zero-order chi connectivity index (χ0) is 15.1. The number of fused-ring (bicyclic) bond motifs is 1. The van der Waals surface area contributed by atoms with Gasteiger partial charge in [0.2, 0.25) is 0 Å². The van der Waals surface area contributed by atoms with Crippen LogP contribution in [0.25, 0.3) is 16.9 Å². The number of imidazole rings is 1. The average Bonchev–Trinajstić information content (AvgIpc) is 2.90. The Morgan fingerprint density at radius 2 is 2.05 bits per heavy atom. The van der Waals surface area contributed by atoms with Gasteiger partial charge in [0, 0.05) is 19.3 Å². The summed E-state index contributed by atoms with van der Waals surface area (Å²) < 4.78 is 17.2. The van der Waals surface area contributed by atoms with Crippen LogP contribution in [0.4, 0.5) is 4.39 Å². The maximum absolute atomic E-state index is 13.4. The molecule has 0 fully saturated rings. The Morgan fingerprint density at radius 1 is 1.29 bits per heavy atom. The minimum absolute atomic E-state index is 0.243. The molecule has 3 aromatic rings. The summed E-state index contributed by atoms with van der Waals surface area (Å²) in [6, 6.07) is 4.75. The molecule has 0 unspecified atom stereocenters. The van der Waals surface area contributed by atoms with E-state index in [0.29, 0.717) is 12.3 Å². The van der Waals surface area contributed by atoms with Gasteiger partial charge in [-0.2, -0.15) is 5.10 Å². The van der Waals surface area contributed by atoms with Gasteiger partial charge in [0.05, 0.1) is 11.4 Å². The van der Waals surface area contributed by atoms with E-state index in [4.69, 9.17) is 11.6 Å². The molecule has 0 bridgehead atoms. The van der Waals surface area contributed by atoms with Crippen LogP contribution < -0.4 is 0 Å². The highest BCUT2D eigenvalue weighted by atomic mass is 35.5. The zero-order valence-corrected chi connectivity index (χ0v) is 12.9. The molecule has 0 spiro atoms. The van der Waals surface area contributed by atoms with Gasteiger partial charge in [-0.1, -0.05) is 0 Å². The summed E-state index contributed by atoms with van der Waals surface area (Å²) in [5, 5.41) is 4.41. The van der Waals surface area contributed by atoms with Crippen LogP contribution in [0.1, 0.15) is 17.1 Å². The predicted octanol–water partition coefficient (Wildman–Crippen LogP) is 3.30. The highest BCUT2D eigenvalue weighted by Gasteiger charge is 2.19. The first-order chi connectivity index (χ1) is 10.0. The van der Waals surface area contributed by atoms with Gasteiger partial charge in [-0.3, -0.25) is 4.57 Å². The van der Waals surface area contributed by atoms with Crippen molar-refractivity contribution in [2.45, 2.75) is 20.3 Å². The van der Waals surface area contributed by atoms with E-state index in [1.807, 2.05) is 25.5 Å². The molecule has 110 valence electrons. The van der Waals surface area contributed by atoms with Crippen LogP contribution in [0.3, 0.4) is 0 Å². The van der Waals surface area contributed by atoms with Crippen molar-refractivity contribution in [3.05, 3.63) is 41.1 Å². The number of alkyl halides is 1. The van der Waals surface area contributed by atoms with Gasteiger partial charge in [-0.05, 0) is 37.6 Å². The molecule has 0 atom stereocenters. The number of halogens is 2. The summed E-state index contributed by atoms with van der Waals surface area (Å²) in [5.41, 5.74) is 4.40. The Labute approximate surface area is 127 Å². The number of hydrogen-bond acceptors (Lipinski definition) is 2. The summed E-state index contributed by atoms with van der Waals surface area (Å²) in [5.74, 6) is 1.11. The molecule has 0 aliphatic carbocycles. The van der Waals surface area contributed by atoms with Crippen molar-refractivity contribution in [1.82, 2.24) is 19.3 Å². The average molecular weight is 307 g/mol. The summed E-state index contributed by atoms with van der Waals surface area (Å²) in [6.07, 6.45) is 0.645. The predicted molar refractivity (Wildman–Crippen MR) is 81.7 cm³/mol. The Kier molecular flexibility index (Phi) is 3.45. The lowest BCUT2D eigenvalue weighted by atomic mass is 10.2. The van der Waals surface area contributed by atoms with E-state index in [2.05, 4.69) is 10.1 Å². The van der Waals surface area contributed by atoms with Crippen LogP contribution in [0.15, 0.2) is 18.2 Å². The molecule has 2 heterocycles. The second-order valence-corrected chi connectivity index (χ2v) is 5.49. The van der Waals surface area contributed by atoms with Crippen molar-refractivity contribution in [2.24, 2.45) is 7.05 Å². The molecule has 0 amide bonds. The first-order valence-electron chi connectivity index (χ1n) is 6.76. The molecule has 21 heavy (non-hydrogen) atoms. The third-order valence-electron chi connectivity index (χ3n) is 3.59. The molecule has 6 heteroatoms. The first kappa shape index (κ1) is 14.1. The van der Waals surface area contributed by atoms with Crippen molar-refractivity contribution in [1.29, 1.82) is 0 Å². The molecule has 0 aliphatic heterocycles. The zero-order valence-electron chi connectivity index (χ0n) is 12.2.